The predicted molar refractivity (Wildman–Crippen MR) is 78.6 cm³/mol. The third-order valence-corrected chi connectivity index (χ3v) is 4.17. The number of likely N-dealkylation sites (N-methyl/N-ethyl adjacent to an activating group) is 1. The Morgan fingerprint density at radius 2 is 1.86 bits per heavy atom. The molecule has 0 radical (unpaired) electrons. The van der Waals surface area contributed by atoms with Crippen LogP contribution in [-0.4, -0.2) is 56.2 Å². The van der Waals surface area contributed by atoms with E-state index in [0.29, 0.717) is 11.1 Å². The zero-order valence-corrected chi connectivity index (χ0v) is 13.4. The smallest absolute Gasteiger partial charge is 0.416 e. The van der Waals surface area contributed by atoms with Gasteiger partial charge in [0.05, 0.1) is 10.0 Å². The van der Waals surface area contributed by atoms with Crippen molar-refractivity contribution in [3.8, 4) is 5.75 Å². The van der Waals surface area contributed by atoms with Crippen molar-refractivity contribution in [2.24, 2.45) is 0 Å². The molecule has 7 heteroatoms. The lowest BCUT2D eigenvalue weighted by molar-refractivity contribution is -0.137. The zero-order chi connectivity index (χ0) is 15.5. The molecular formula is C14H18BrF3N2O. The van der Waals surface area contributed by atoms with Gasteiger partial charge in [0.25, 0.3) is 0 Å². The van der Waals surface area contributed by atoms with Gasteiger partial charge in [-0.3, -0.25) is 4.90 Å². The van der Waals surface area contributed by atoms with E-state index < -0.39 is 11.7 Å². The summed E-state index contributed by atoms with van der Waals surface area (Å²) in [6.07, 6.45) is -4.35. The van der Waals surface area contributed by atoms with E-state index in [9.17, 15) is 13.2 Å². The van der Waals surface area contributed by atoms with Gasteiger partial charge in [-0.15, -0.1) is 0 Å². The largest absolute Gasteiger partial charge is 0.491 e. The Balaban J connectivity index is 1.88. The van der Waals surface area contributed by atoms with E-state index in [2.05, 4.69) is 32.8 Å². The minimum atomic E-state index is -4.35. The van der Waals surface area contributed by atoms with Crippen LogP contribution in [0.2, 0.25) is 0 Å². The molecule has 0 aliphatic carbocycles. The van der Waals surface area contributed by atoms with E-state index in [1.807, 2.05) is 0 Å². The maximum atomic E-state index is 12.7. The molecule has 21 heavy (non-hydrogen) atoms. The second kappa shape index (κ2) is 6.98. The highest BCUT2D eigenvalue weighted by Crippen LogP contribution is 2.35. The number of hydrogen-bond acceptors (Lipinski definition) is 3. The van der Waals surface area contributed by atoms with Gasteiger partial charge in [-0.05, 0) is 41.2 Å². The molecule has 3 nitrogen and oxygen atoms in total. The van der Waals surface area contributed by atoms with E-state index in [1.54, 1.807) is 0 Å². The topological polar surface area (TPSA) is 15.7 Å². The van der Waals surface area contributed by atoms with Gasteiger partial charge >= 0.3 is 6.18 Å². The Morgan fingerprint density at radius 1 is 1.19 bits per heavy atom. The van der Waals surface area contributed by atoms with Crippen LogP contribution < -0.4 is 4.74 Å². The van der Waals surface area contributed by atoms with Crippen molar-refractivity contribution in [1.82, 2.24) is 9.80 Å². The number of halogens is 4. The number of hydrogen-bond donors (Lipinski definition) is 0. The van der Waals surface area contributed by atoms with Gasteiger partial charge < -0.3 is 9.64 Å². The van der Waals surface area contributed by atoms with Crippen molar-refractivity contribution < 1.29 is 17.9 Å². The highest BCUT2D eigenvalue weighted by molar-refractivity contribution is 9.10. The Bertz CT molecular complexity index is 474. The van der Waals surface area contributed by atoms with Gasteiger partial charge in [0.15, 0.2) is 0 Å². The number of nitrogens with zero attached hydrogens (tertiary/aromatic N) is 2. The fraction of sp³-hybridized carbons (Fsp3) is 0.571. The molecule has 0 N–H and O–H groups in total. The van der Waals surface area contributed by atoms with Gasteiger partial charge in [-0.1, -0.05) is 0 Å². The molecule has 1 saturated heterocycles. The first kappa shape index (κ1) is 16.6. The summed E-state index contributed by atoms with van der Waals surface area (Å²) in [4.78, 5) is 4.50. The summed E-state index contributed by atoms with van der Waals surface area (Å²) in [6.45, 7) is 5.04. The molecule has 0 saturated carbocycles. The fourth-order valence-electron chi connectivity index (χ4n) is 2.15. The predicted octanol–water partition coefficient (Wildman–Crippen LogP) is 3.09. The summed E-state index contributed by atoms with van der Waals surface area (Å²) in [5.74, 6) is 0.235. The van der Waals surface area contributed by atoms with Crippen molar-refractivity contribution in [1.29, 1.82) is 0 Å². The van der Waals surface area contributed by atoms with Crippen LogP contribution in [0.4, 0.5) is 13.2 Å². The standard InChI is InChI=1S/C14H18BrF3N2O/c1-19-4-6-20(7-5-19)8-9-21-13-10-11(14(16,17)18)2-3-12(13)15/h2-3,10H,4-9H2,1H3. The summed E-state index contributed by atoms with van der Waals surface area (Å²) in [7, 11) is 2.08. The fourth-order valence-corrected chi connectivity index (χ4v) is 2.51. The van der Waals surface area contributed by atoms with Crippen LogP contribution in [0.1, 0.15) is 5.56 Å². The van der Waals surface area contributed by atoms with E-state index >= 15 is 0 Å². The van der Waals surface area contributed by atoms with Gasteiger partial charge in [0.2, 0.25) is 0 Å². The molecule has 1 heterocycles. The van der Waals surface area contributed by atoms with Crippen LogP contribution >= 0.6 is 15.9 Å². The molecule has 1 aliphatic rings. The molecule has 1 aromatic rings. The number of rotatable bonds is 4. The van der Waals surface area contributed by atoms with Gasteiger partial charge in [0.1, 0.15) is 12.4 Å². The Kier molecular flexibility index (Phi) is 5.51. The van der Waals surface area contributed by atoms with Crippen LogP contribution in [0.5, 0.6) is 5.75 Å². The van der Waals surface area contributed by atoms with Crippen molar-refractivity contribution in [3.05, 3.63) is 28.2 Å². The van der Waals surface area contributed by atoms with Crippen molar-refractivity contribution >= 4 is 15.9 Å². The Labute approximate surface area is 130 Å². The second-order valence-corrected chi connectivity index (χ2v) is 5.99. The first-order chi connectivity index (χ1) is 9.86. The van der Waals surface area contributed by atoms with Crippen molar-refractivity contribution in [2.75, 3.05) is 46.4 Å². The lowest BCUT2D eigenvalue weighted by Gasteiger charge is -2.32. The average Bonchev–Trinajstić information content (AvgIpc) is 2.42. The Hall–Kier alpha value is -0.790. The highest BCUT2D eigenvalue weighted by Gasteiger charge is 2.31. The van der Waals surface area contributed by atoms with Crippen LogP contribution in [0.3, 0.4) is 0 Å². The maximum absolute atomic E-state index is 12.7. The number of piperazine rings is 1. The van der Waals surface area contributed by atoms with Crippen molar-refractivity contribution in [3.63, 3.8) is 0 Å². The number of benzene rings is 1. The molecule has 0 aromatic heterocycles. The Morgan fingerprint density at radius 3 is 2.48 bits per heavy atom. The van der Waals surface area contributed by atoms with Crippen LogP contribution in [-0.2, 0) is 6.18 Å². The molecule has 0 spiro atoms. The first-order valence-corrected chi connectivity index (χ1v) is 7.56. The van der Waals surface area contributed by atoms with Crippen LogP contribution in [0.25, 0.3) is 0 Å². The first-order valence-electron chi connectivity index (χ1n) is 6.77. The van der Waals surface area contributed by atoms with E-state index in [4.69, 9.17) is 4.74 Å². The number of ether oxygens (including phenoxy) is 1. The molecule has 0 atom stereocenters. The SMILES string of the molecule is CN1CCN(CCOc2cc(C(F)(F)F)ccc2Br)CC1. The van der Waals surface area contributed by atoms with Crippen LogP contribution in [0, 0.1) is 0 Å². The minimum absolute atomic E-state index is 0.235. The van der Waals surface area contributed by atoms with Gasteiger partial charge in [-0.2, -0.15) is 13.2 Å². The average molecular weight is 367 g/mol. The van der Waals surface area contributed by atoms with Crippen molar-refractivity contribution in [2.45, 2.75) is 6.18 Å². The summed E-state index contributed by atoms with van der Waals surface area (Å²) >= 11 is 3.22. The molecular weight excluding hydrogens is 349 g/mol. The molecule has 0 amide bonds. The molecule has 0 unspecified atom stereocenters. The van der Waals surface area contributed by atoms with E-state index in [-0.39, 0.29) is 5.75 Å². The summed E-state index contributed by atoms with van der Waals surface area (Å²) in [6, 6.07) is 3.44. The zero-order valence-electron chi connectivity index (χ0n) is 11.8. The molecule has 0 bridgehead atoms. The molecule has 1 fully saturated rings. The van der Waals surface area contributed by atoms with E-state index in [0.717, 1.165) is 44.9 Å². The van der Waals surface area contributed by atoms with Gasteiger partial charge in [-0.25, -0.2) is 0 Å². The quantitative estimate of drug-likeness (QED) is 0.814. The highest BCUT2D eigenvalue weighted by atomic mass is 79.9. The van der Waals surface area contributed by atoms with Gasteiger partial charge in [0, 0.05) is 32.7 Å². The summed E-state index contributed by atoms with van der Waals surface area (Å²) in [5, 5.41) is 0. The molecule has 2 rings (SSSR count). The lowest BCUT2D eigenvalue weighted by atomic mass is 10.2. The normalized spacial score (nSPS) is 18.0. The molecule has 1 aliphatic heterocycles. The monoisotopic (exact) mass is 366 g/mol. The third-order valence-electron chi connectivity index (χ3n) is 3.52. The molecule has 118 valence electrons. The summed E-state index contributed by atoms with van der Waals surface area (Å²) in [5.41, 5.74) is -0.694. The number of alkyl halides is 3. The lowest BCUT2D eigenvalue weighted by Crippen LogP contribution is -2.45. The second-order valence-electron chi connectivity index (χ2n) is 5.14. The minimum Gasteiger partial charge on any atom is -0.491 e. The molecule has 1 aromatic carbocycles. The third kappa shape index (κ3) is 4.86. The van der Waals surface area contributed by atoms with Crippen LogP contribution in [0.15, 0.2) is 22.7 Å². The summed E-state index contributed by atoms with van der Waals surface area (Å²) < 4.78 is 44.0. The maximum Gasteiger partial charge on any atom is 0.416 e. The van der Waals surface area contributed by atoms with E-state index in [1.165, 1.54) is 6.07 Å².